The third-order valence-corrected chi connectivity index (χ3v) is 5.28. The molecule has 0 aliphatic carbocycles. The molecule has 0 fully saturated rings. The average Bonchev–Trinajstić information content (AvgIpc) is 3.25. The van der Waals surface area contributed by atoms with Crippen LogP contribution in [-0.2, 0) is 13.0 Å². The predicted octanol–water partition coefficient (Wildman–Crippen LogP) is 2.46. The standard InChI is InChI=1S/C24H20N6O2/c31-23(25-14-13-21-27-26-20-12-6-7-15-29(20)21)22-18-10-4-5-11-19(18)24(32)30(28-22)16-17-8-2-1-3-9-17/h1-12,15H,13-14,16H2,(H,25,31). The first kappa shape index (κ1) is 19.6. The number of carbonyl (C=O) groups is 1. The predicted molar refractivity (Wildman–Crippen MR) is 121 cm³/mol. The quantitative estimate of drug-likeness (QED) is 0.452. The van der Waals surface area contributed by atoms with E-state index in [-0.39, 0.29) is 23.7 Å². The van der Waals surface area contributed by atoms with Crippen LogP contribution in [0.1, 0.15) is 21.9 Å². The molecule has 2 aromatic carbocycles. The molecule has 8 nitrogen and oxygen atoms in total. The maximum atomic E-state index is 13.0. The van der Waals surface area contributed by atoms with Gasteiger partial charge in [-0.05, 0) is 23.8 Å². The molecule has 0 aliphatic rings. The second kappa shape index (κ2) is 8.43. The van der Waals surface area contributed by atoms with Crippen LogP contribution in [0.25, 0.3) is 16.4 Å². The van der Waals surface area contributed by atoms with E-state index < -0.39 is 0 Å². The number of amides is 1. The topological polar surface area (TPSA) is 94.2 Å². The summed E-state index contributed by atoms with van der Waals surface area (Å²) in [5.41, 5.74) is 1.69. The first-order chi connectivity index (χ1) is 15.7. The van der Waals surface area contributed by atoms with E-state index in [0.29, 0.717) is 23.7 Å². The third-order valence-electron chi connectivity index (χ3n) is 5.28. The van der Waals surface area contributed by atoms with Crippen LogP contribution >= 0.6 is 0 Å². The lowest BCUT2D eigenvalue weighted by molar-refractivity contribution is 0.0948. The van der Waals surface area contributed by atoms with Gasteiger partial charge in [0.05, 0.1) is 11.9 Å². The van der Waals surface area contributed by atoms with Gasteiger partial charge in [0.1, 0.15) is 5.82 Å². The van der Waals surface area contributed by atoms with E-state index in [1.165, 1.54) is 4.68 Å². The van der Waals surface area contributed by atoms with Crippen molar-refractivity contribution in [2.24, 2.45) is 0 Å². The summed E-state index contributed by atoms with van der Waals surface area (Å²) in [6, 6.07) is 22.3. The molecule has 8 heteroatoms. The molecule has 1 amide bonds. The van der Waals surface area contributed by atoms with Crippen LogP contribution in [0.5, 0.6) is 0 Å². The molecule has 0 saturated heterocycles. The summed E-state index contributed by atoms with van der Waals surface area (Å²) in [5.74, 6) is 0.421. The number of pyridine rings is 1. The molecule has 3 heterocycles. The van der Waals surface area contributed by atoms with Crippen molar-refractivity contribution in [3.05, 3.63) is 106 Å². The van der Waals surface area contributed by atoms with Gasteiger partial charge in [-0.25, -0.2) is 4.68 Å². The molecule has 1 N–H and O–H groups in total. The number of hydrogen-bond donors (Lipinski definition) is 1. The van der Waals surface area contributed by atoms with Gasteiger partial charge in [0.25, 0.3) is 11.5 Å². The van der Waals surface area contributed by atoms with Crippen LogP contribution in [0.15, 0.2) is 83.8 Å². The Morgan fingerprint density at radius 2 is 1.62 bits per heavy atom. The number of rotatable bonds is 6. The van der Waals surface area contributed by atoms with Gasteiger partial charge in [-0.15, -0.1) is 10.2 Å². The number of carbonyl (C=O) groups excluding carboxylic acids is 1. The summed E-state index contributed by atoms with van der Waals surface area (Å²) in [6.07, 6.45) is 2.40. The molecule has 158 valence electrons. The monoisotopic (exact) mass is 424 g/mol. The minimum atomic E-state index is -0.336. The van der Waals surface area contributed by atoms with Gasteiger partial charge in [0.2, 0.25) is 0 Å². The van der Waals surface area contributed by atoms with Gasteiger partial charge in [0.15, 0.2) is 11.3 Å². The van der Waals surface area contributed by atoms with Crippen molar-refractivity contribution in [1.82, 2.24) is 29.7 Å². The lowest BCUT2D eigenvalue weighted by Crippen LogP contribution is -2.32. The van der Waals surface area contributed by atoms with Gasteiger partial charge in [-0.3, -0.25) is 14.0 Å². The zero-order chi connectivity index (χ0) is 21.9. The number of aromatic nitrogens is 5. The highest BCUT2D eigenvalue weighted by Gasteiger charge is 2.17. The van der Waals surface area contributed by atoms with Crippen LogP contribution < -0.4 is 10.9 Å². The SMILES string of the molecule is O=C(NCCc1nnc2ccccn12)c1nn(Cc2ccccc2)c(=O)c2ccccc12. The van der Waals surface area contributed by atoms with Crippen molar-refractivity contribution in [1.29, 1.82) is 0 Å². The Balaban J connectivity index is 1.41. The Labute approximate surface area is 183 Å². The van der Waals surface area contributed by atoms with E-state index in [0.717, 1.165) is 17.0 Å². The summed E-state index contributed by atoms with van der Waals surface area (Å²) in [4.78, 5) is 26.0. The number of hydrogen-bond acceptors (Lipinski definition) is 5. The molecule has 0 saturated carbocycles. The van der Waals surface area contributed by atoms with Crippen molar-refractivity contribution in [2.75, 3.05) is 6.54 Å². The molecule has 0 radical (unpaired) electrons. The van der Waals surface area contributed by atoms with Gasteiger partial charge in [-0.1, -0.05) is 54.6 Å². The summed E-state index contributed by atoms with van der Waals surface area (Å²) in [5, 5.41) is 16.6. The number of benzene rings is 2. The second-order valence-corrected chi connectivity index (χ2v) is 7.39. The number of nitrogens with zero attached hydrogens (tertiary/aromatic N) is 5. The second-order valence-electron chi connectivity index (χ2n) is 7.39. The molecule has 0 aliphatic heterocycles. The Bertz CT molecular complexity index is 1470. The Hall–Kier alpha value is -4.33. The fraction of sp³-hybridized carbons (Fsp3) is 0.125. The lowest BCUT2D eigenvalue weighted by atomic mass is 10.1. The molecule has 0 unspecified atom stereocenters. The molecule has 5 rings (SSSR count). The number of nitrogens with one attached hydrogen (secondary N) is 1. The van der Waals surface area contributed by atoms with Crippen molar-refractivity contribution < 1.29 is 4.79 Å². The fourth-order valence-corrected chi connectivity index (χ4v) is 3.70. The molecule has 0 spiro atoms. The van der Waals surface area contributed by atoms with Crippen LogP contribution in [-0.4, -0.2) is 36.8 Å². The Morgan fingerprint density at radius 1 is 0.875 bits per heavy atom. The lowest BCUT2D eigenvalue weighted by Gasteiger charge is -2.11. The molecule has 32 heavy (non-hydrogen) atoms. The van der Waals surface area contributed by atoms with Gasteiger partial charge >= 0.3 is 0 Å². The van der Waals surface area contributed by atoms with E-state index in [9.17, 15) is 9.59 Å². The van der Waals surface area contributed by atoms with Crippen molar-refractivity contribution in [2.45, 2.75) is 13.0 Å². The van der Waals surface area contributed by atoms with E-state index in [4.69, 9.17) is 0 Å². The molecule has 5 aromatic rings. The molecule has 0 bridgehead atoms. The first-order valence-corrected chi connectivity index (χ1v) is 10.3. The largest absolute Gasteiger partial charge is 0.350 e. The minimum Gasteiger partial charge on any atom is -0.350 e. The van der Waals surface area contributed by atoms with Crippen molar-refractivity contribution in [3.63, 3.8) is 0 Å². The smallest absolute Gasteiger partial charge is 0.274 e. The van der Waals surface area contributed by atoms with Crippen LogP contribution in [0, 0.1) is 0 Å². The fourth-order valence-electron chi connectivity index (χ4n) is 3.70. The summed E-state index contributed by atoms with van der Waals surface area (Å²) in [6.45, 7) is 0.652. The minimum absolute atomic E-state index is 0.224. The van der Waals surface area contributed by atoms with Gasteiger partial charge in [0, 0.05) is 24.5 Å². The first-order valence-electron chi connectivity index (χ1n) is 10.3. The highest BCUT2D eigenvalue weighted by molar-refractivity contribution is 6.04. The van der Waals surface area contributed by atoms with Crippen molar-refractivity contribution in [3.8, 4) is 0 Å². The molecular formula is C24H20N6O2. The maximum absolute atomic E-state index is 13.0. The molecule has 0 atom stereocenters. The van der Waals surface area contributed by atoms with Crippen LogP contribution in [0.2, 0.25) is 0 Å². The Kier molecular flexibility index (Phi) is 5.17. The van der Waals surface area contributed by atoms with Gasteiger partial charge in [-0.2, -0.15) is 5.10 Å². The van der Waals surface area contributed by atoms with E-state index in [2.05, 4.69) is 20.6 Å². The maximum Gasteiger partial charge on any atom is 0.274 e. The van der Waals surface area contributed by atoms with Gasteiger partial charge < -0.3 is 5.32 Å². The number of fused-ring (bicyclic) bond motifs is 2. The highest BCUT2D eigenvalue weighted by atomic mass is 16.2. The summed E-state index contributed by atoms with van der Waals surface area (Å²) >= 11 is 0. The average molecular weight is 424 g/mol. The molecule has 3 aromatic heterocycles. The zero-order valence-electron chi connectivity index (χ0n) is 17.2. The molecular weight excluding hydrogens is 404 g/mol. The Morgan fingerprint density at radius 3 is 2.47 bits per heavy atom. The van der Waals surface area contributed by atoms with E-state index in [1.54, 1.807) is 24.3 Å². The van der Waals surface area contributed by atoms with E-state index in [1.807, 2.05) is 59.1 Å². The van der Waals surface area contributed by atoms with E-state index >= 15 is 0 Å². The van der Waals surface area contributed by atoms with Crippen LogP contribution in [0.4, 0.5) is 0 Å². The normalized spacial score (nSPS) is 11.1. The zero-order valence-corrected chi connectivity index (χ0v) is 17.2. The third kappa shape index (κ3) is 3.74. The summed E-state index contributed by atoms with van der Waals surface area (Å²) < 4.78 is 3.23. The van der Waals surface area contributed by atoms with Crippen LogP contribution in [0.3, 0.4) is 0 Å². The van der Waals surface area contributed by atoms with Crippen molar-refractivity contribution >= 4 is 22.3 Å². The highest BCUT2D eigenvalue weighted by Crippen LogP contribution is 2.14. The summed E-state index contributed by atoms with van der Waals surface area (Å²) in [7, 11) is 0.